The molecule has 1 fully saturated rings. The smallest absolute Gasteiger partial charge is 0.244 e. The van der Waals surface area contributed by atoms with E-state index in [4.69, 9.17) is 0 Å². The SMILES string of the molecule is CSN[C@H]1CCCN(C(=O)Cn2ncc3c2C(C2=C(F)CCC=C2F)C(F)C=C3)CC1. The molecule has 31 heavy (non-hydrogen) atoms. The minimum absolute atomic E-state index is 0.0527. The molecule has 2 aliphatic carbocycles. The van der Waals surface area contributed by atoms with Crippen LogP contribution in [0.15, 0.2) is 35.6 Å². The molecule has 1 aromatic heterocycles. The first kappa shape index (κ1) is 22.2. The second-order valence-electron chi connectivity index (χ2n) is 8.16. The quantitative estimate of drug-likeness (QED) is 0.671. The Bertz CT molecular complexity index is 926. The number of hydrogen-bond donors (Lipinski definition) is 1. The van der Waals surface area contributed by atoms with Crippen LogP contribution in [0, 0.1) is 0 Å². The zero-order valence-corrected chi connectivity index (χ0v) is 18.3. The molecule has 5 nitrogen and oxygen atoms in total. The number of carbonyl (C=O) groups excluding carboxylic acids is 1. The molecule has 1 aliphatic heterocycles. The Morgan fingerprint density at radius 2 is 2.16 bits per heavy atom. The van der Waals surface area contributed by atoms with E-state index in [-0.39, 0.29) is 30.9 Å². The van der Waals surface area contributed by atoms with Gasteiger partial charge in [-0.1, -0.05) is 18.0 Å². The molecular weight excluding hydrogens is 425 g/mol. The molecule has 1 saturated heterocycles. The lowest BCUT2D eigenvalue weighted by Crippen LogP contribution is -2.36. The highest BCUT2D eigenvalue weighted by molar-refractivity contribution is 7.96. The second kappa shape index (κ2) is 9.65. The number of aromatic nitrogens is 2. The number of amides is 1. The van der Waals surface area contributed by atoms with Crippen molar-refractivity contribution in [3.05, 3.63) is 46.8 Å². The summed E-state index contributed by atoms with van der Waals surface area (Å²) in [7, 11) is 0. The summed E-state index contributed by atoms with van der Waals surface area (Å²) in [6.45, 7) is 1.21. The van der Waals surface area contributed by atoms with Crippen LogP contribution in [0.4, 0.5) is 13.2 Å². The third kappa shape index (κ3) is 4.62. The predicted molar refractivity (Wildman–Crippen MR) is 116 cm³/mol. The molecule has 4 rings (SSSR count). The summed E-state index contributed by atoms with van der Waals surface area (Å²) in [5.41, 5.74) is 0.695. The average molecular weight is 453 g/mol. The Hall–Kier alpha value is -2.00. The largest absolute Gasteiger partial charge is 0.341 e. The summed E-state index contributed by atoms with van der Waals surface area (Å²) < 4.78 is 48.9. The van der Waals surface area contributed by atoms with E-state index >= 15 is 0 Å². The standard InChI is InChI=1S/C22H27F3N4OS/c1-31-27-15-4-3-10-28(11-9-15)19(30)13-29-22-14(12-26-29)7-8-18(25)21(22)20-16(23)5-2-6-17(20)24/h5,7-8,12,15,18,21,27H,2-4,6,9-11,13H2,1H3/t15-,18?,21?/m0/s1. The predicted octanol–water partition coefficient (Wildman–Crippen LogP) is 4.45. The highest BCUT2D eigenvalue weighted by Crippen LogP contribution is 2.44. The summed E-state index contributed by atoms with van der Waals surface area (Å²) in [5, 5.41) is 4.28. The fraction of sp³-hybridized carbons (Fsp3) is 0.545. The van der Waals surface area contributed by atoms with Crippen molar-refractivity contribution in [2.24, 2.45) is 0 Å². The minimum Gasteiger partial charge on any atom is -0.341 e. The normalized spacial score (nSPS) is 26.5. The monoisotopic (exact) mass is 452 g/mol. The number of fused-ring (bicyclic) bond motifs is 1. The van der Waals surface area contributed by atoms with Gasteiger partial charge in [-0.3, -0.25) is 14.2 Å². The van der Waals surface area contributed by atoms with Gasteiger partial charge in [0.05, 0.1) is 17.8 Å². The summed E-state index contributed by atoms with van der Waals surface area (Å²) in [4.78, 5) is 14.8. The van der Waals surface area contributed by atoms with Crippen LogP contribution in [0.2, 0.25) is 0 Å². The molecule has 2 heterocycles. The number of likely N-dealkylation sites (tertiary alicyclic amines) is 1. The summed E-state index contributed by atoms with van der Waals surface area (Å²) >= 11 is 1.58. The van der Waals surface area contributed by atoms with E-state index in [1.807, 2.05) is 6.26 Å². The average Bonchev–Trinajstić information content (AvgIpc) is 2.98. The number of hydrogen-bond acceptors (Lipinski definition) is 4. The van der Waals surface area contributed by atoms with E-state index in [0.29, 0.717) is 30.4 Å². The number of halogens is 3. The third-order valence-corrected chi connectivity index (χ3v) is 6.75. The van der Waals surface area contributed by atoms with Crippen molar-refractivity contribution in [1.29, 1.82) is 0 Å². The Balaban J connectivity index is 1.57. The van der Waals surface area contributed by atoms with Gasteiger partial charge in [0.25, 0.3) is 0 Å². The van der Waals surface area contributed by atoms with Crippen LogP contribution in [-0.4, -0.2) is 52.1 Å². The summed E-state index contributed by atoms with van der Waals surface area (Å²) in [6, 6.07) is 0.364. The summed E-state index contributed by atoms with van der Waals surface area (Å²) in [6.07, 6.45) is 9.15. The van der Waals surface area contributed by atoms with E-state index in [2.05, 4.69) is 9.82 Å². The molecule has 0 bridgehead atoms. The number of nitrogens with zero attached hydrogens (tertiary/aromatic N) is 3. The van der Waals surface area contributed by atoms with Crippen molar-refractivity contribution >= 4 is 23.9 Å². The number of allylic oxidation sites excluding steroid dienone is 5. The molecular formula is C22H27F3N4OS. The van der Waals surface area contributed by atoms with Crippen LogP contribution in [0.1, 0.15) is 49.3 Å². The maximum atomic E-state index is 14.9. The van der Waals surface area contributed by atoms with Gasteiger partial charge in [-0.15, -0.1) is 0 Å². The summed E-state index contributed by atoms with van der Waals surface area (Å²) in [5.74, 6) is -2.62. The van der Waals surface area contributed by atoms with Crippen molar-refractivity contribution in [2.75, 3.05) is 19.3 Å². The van der Waals surface area contributed by atoms with Gasteiger partial charge in [-0.05, 0) is 44.1 Å². The first-order valence-electron chi connectivity index (χ1n) is 10.7. The lowest BCUT2D eigenvalue weighted by atomic mass is 9.82. The molecule has 1 aromatic rings. The van der Waals surface area contributed by atoms with E-state index in [1.54, 1.807) is 22.9 Å². The Kier molecular flexibility index (Phi) is 6.91. The highest BCUT2D eigenvalue weighted by atomic mass is 32.2. The Morgan fingerprint density at radius 1 is 1.32 bits per heavy atom. The molecule has 2 unspecified atom stereocenters. The van der Waals surface area contributed by atoms with Crippen molar-refractivity contribution in [1.82, 2.24) is 19.4 Å². The zero-order chi connectivity index (χ0) is 22.0. The van der Waals surface area contributed by atoms with Gasteiger partial charge in [0.2, 0.25) is 5.91 Å². The number of rotatable bonds is 5. The number of alkyl halides is 1. The Labute approximate surface area is 184 Å². The van der Waals surface area contributed by atoms with Crippen molar-refractivity contribution in [2.45, 2.75) is 56.8 Å². The van der Waals surface area contributed by atoms with Crippen LogP contribution < -0.4 is 4.72 Å². The molecule has 0 spiro atoms. The maximum Gasteiger partial charge on any atom is 0.244 e. The van der Waals surface area contributed by atoms with Gasteiger partial charge in [0.1, 0.15) is 24.4 Å². The van der Waals surface area contributed by atoms with Gasteiger partial charge >= 0.3 is 0 Å². The first-order valence-corrected chi connectivity index (χ1v) is 11.9. The molecule has 0 radical (unpaired) electrons. The molecule has 9 heteroatoms. The van der Waals surface area contributed by atoms with Crippen LogP contribution in [0.5, 0.6) is 0 Å². The second-order valence-corrected chi connectivity index (χ2v) is 8.81. The van der Waals surface area contributed by atoms with Crippen molar-refractivity contribution in [3.63, 3.8) is 0 Å². The third-order valence-electron chi connectivity index (χ3n) is 6.18. The van der Waals surface area contributed by atoms with Gasteiger partial charge < -0.3 is 4.90 Å². The lowest BCUT2D eigenvalue weighted by Gasteiger charge is -2.28. The highest BCUT2D eigenvalue weighted by Gasteiger charge is 2.38. The van der Waals surface area contributed by atoms with Gasteiger partial charge in [0.15, 0.2) is 0 Å². The molecule has 168 valence electrons. The Morgan fingerprint density at radius 3 is 2.94 bits per heavy atom. The molecule has 3 atom stereocenters. The lowest BCUT2D eigenvalue weighted by molar-refractivity contribution is -0.132. The number of carbonyl (C=O) groups is 1. The molecule has 1 N–H and O–H groups in total. The van der Waals surface area contributed by atoms with E-state index in [9.17, 15) is 18.0 Å². The van der Waals surface area contributed by atoms with E-state index in [0.717, 1.165) is 19.3 Å². The molecule has 0 saturated carbocycles. The van der Waals surface area contributed by atoms with Crippen LogP contribution in [0.25, 0.3) is 6.08 Å². The minimum atomic E-state index is -1.59. The fourth-order valence-corrected chi connectivity index (χ4v) is 5.20. The van der Waals surface area contributed by atoms with Crippen molar-refractivity contribution < 1.29 is 18.0 Å². The maximum absolute atomic E-state index is 14.9. The van der Waals surface area contributed by atoms with Gasteiger partial charge in [0, 0.05) is 36.7 Å². The van der Waals surface area contributed by atoms with E-state index < -0.39 is 23.7 Å². The van der Waals surface area contributed by atoms with Crippen LogP contribution in [-0.2, 0) is 11.3 Å². The van der Waals surface area contributed by atoms with Crippen LogP contribution in [0.3, 0.4) is 0 Å². The molecule has 1 amide bonds. The number of nitrogens with one attached hydrogen (secondary N) is 1. The zero-order valence-electron chi connectivity index (χ0n) is 17.5. The van der Waals surface area contributed by atoms with Gasteiger partial charge in [-0.25, -0.2) is 13.2 Å². The topological polar surface area (TPSA) is 50.2 Å². The molecule has 0 aromatic carbocycles. The van der Waals surface area contributed by atoms with E-state index in [1.165, 1.54) is 23.0 Å². The van der Waals surface area contributed by atoms with Gasteiger partial charge in [-0.2, -0.15) is 5.10 Å². The fourth-order valence-electron chi connectivity index (χ4n) is 4.63. The molecule has 3 aliphatic rings. The first-order chi connectivity index (χ1) is 15.0. The van der Waals surface area contributed by atoms with Crippen LogP contribution >= 0.6 is 11.9 Å². The van der Waals surface area contributed by atoms with Crippen molar-refractivity contribution in [3.8, 4) is 0 Å².